The molecular formula is C40H59N5O8. The van der Waals surface area contributed by atoms with Gasteiger partial charge in [-0.2, -0.15) is 0 Å². The summed E-state index contributed by atoms with van der Waals surface area (Å²) in [6, 6.07) is 12.7. The van der Waals surface area contributed by atoms with Crippen LogP contribution < -0.4 is 26.6 Å². The molecule has 0 fully saturated rings. The molecule has 4 amide bonds. The number of hydrogen-bond acceptors (Lipinski definition) is 7. The SMILES string of the molecule is CCCCCC[C@H](C)CNCC[C@H](C)C(=O)N[C@H](Cc1cccc(-c2ccc(NC(C)=O)cc2)c1)C(=O)NCC[C@@H](NC(=O)CCCC(=O)O)C(=O)O. The van der Waals surface area contributed by atoms with Crippen molar-refractivity contribution in [2.45, 2.75) is 110 Å². The molecule has 2 aromatic carbocycles. The van der Waals surface area contributed by atoms with Crippen LogP contribution in [0.5, 0.6) is 0 Å². The molecule has 0 saturated heterocycles. The molecule has 0 aromatic heterocycles. The minimum absolute atomic E-state index is 0.0714. The van der Waals surface area contributed by atoms with Gasteiger partial charge in [0.2, 0.25) is 23.6 Å². The van der Waals surface area contributed by atoms with Crippen molar-refractivity contribution in [3.8, 4) is 11.1 Å². The smallest absolute Gasteiger partial charge is 0.326 e. The summed E-state index contributed by atoms with van der Waals surface area (Å²) in [5, 5.41) is 32.6. The first-order valence-electron chi connectivity index (χ1n) is 18.8. The van der Waals surface area contributed by atoms with E-state index in [9.17, 15) is 33.9 Å². The summed E-state index contributed by atoms with van der Waals surface area (Å²) in [6.07, 6.45) is 6.44. The molecule has 4 atom stereocenters. The Hall–Kier alpha value is -4.78. The molecule has 0 heterocycles. The largest absolute Gasteiger partial charge is 0.481 e. The number of rotatable bonds is 26. The molecule has 292 valence electrons. The van der Waals surface area contributed by atoms with Gasteiger partial charge in [0, 0.05) is 44.3 Å². The van der Waals surface area contributed by atoms with Gasteiger partial charge in [-0.15, -0.1) is 0 Å². The van der Waals surface area contributed by atoms with Crippen molar-refractivity contribution in [2.75, 3.05) is 25.0 Å². The zero-order valence-corrected chi connectivity index (χ0v) is 31.7. The molecule has 13 nitrogen and oxygen atoms in total. The van der Waals surface area contributed by atoms with Gasteiger partial charge in [0.25, 0.3) is 0 Å². The number of carboxylic acids is 2. The fraction of sp³-hybridized carbons (Fsp3) is 0.550. The molecule has 13 heteroatoms. The standard InChI is InChI=1S/C40H59N5O8/c1-5-6-7-8-11-27(2)26-41-22-20-28(3)38(50)45-35(39(51)42-23-21-34(40(52)53)44-36(47)14-10-15-37(48)49)25-30-12-9-13-32(24-30)31-16-18-33(19-17-31)43-29(4)46/h9,12-13,16-19,24,27-28,34-35,41H,5-8,10-11,14-15,20-23,25-26H2,1-4H3,(H,42,51)(H,43,46)(H,44,47)(H,45,50)(H,48,49)(H,52,53)/t27-,28-,34+,35+/m0/s1. The number of benzene rings is 2. The minimum Gasteiger partial charge on any atom is -0.481 e. The van der Waals surface area contributed by atoms with Crippen LogP contribution in [0.25, 0.3) is 11.1 Å². The van der Waals surface area contributed by atoms with Gasteiger partial charge in [-0.1, -0.05) is 82.9 Å². The first-order valence-corrected chi connectivity index (χ1v) is 18.8. The Balaban J connectivity index is 2.09. The van der Waals surface area contributed by atoms with Crippen molar-refractivity contribution in [3.63, 3.8) is 0 Å². The Morgan fingerprint density at radius 3 is 2.13 bits per heavy atom. The molecule has 0 bridgehead atoms. The molecular weight excluding hydrogens is 678 g/mol. The zero-order chi connectivity index (χ0) is 39.2. The molecule has 0 unspecified atom stereocenters. The van der Waals surface area contributed by atoms with Crippen LogP contribution in [-0.4, -0.2) is 77.5 Å². The van der Waals surface area contributed by atoms with Crippen molar-refractivity contribution in [3.05, 3.63) is 54.1 Å². The molecule has 0 aliphatic heterocycles. The average molecular weight is 738 g/mol. The molecule has 7 N–H and O–H groups in total. The van der Waals surface area contributed by atoms with Crippen LogP contribution in [0.2, 0.25) is 0 Å². The number of aliphatic carboxylic acids is 2. The summed E-state index contributed by atoms with van der Waals surface area (Å²) in [5.74, 6) is -3.71. The fourth-order valence-electron chi connectivity index (χ4n) is 5.79. The summed E-state index contributed by atoms with van der Waals surface area (Å²) in [7, 11) is 0. The molecule has 0 aliphatic rings. The molecule has 0 saturated carbocycles. The van der Waals surface area contributed by atoms with E-state index in [2.05, 4.69) is 40.4 Å². The van der Waals surface area contributed by atoms with Crippen LogP contribution >= 0.6 is 0 Å². The zero-order valence-electron chi connectivity index (χ0n) is 31.7. The predicted molar refractivity (Wildman–Crippen MR) is 205 cm³/mol. The van der Waals surface area contributed by atoms with Gasteiger partial charge in [0.1, 0.15) is 12.1 Å². The highest BCUT2D eigenvalue weighted by molar-refractivity contribution is 5.90. The average Bonchev–Trinajstić information content (AvgIpc) is 3.11. The third-order valence-electron chi connectivity index (χ3n) is 8.94. The predicted octanol–water partition coefficient (Wildman–Crippen LogP) is 4.89. The van der Waals surface area contributed by atoms with Gasteiger partial charge in [0.05, 0.1) is 0 Å². The molecule has 0 aliphatic carbocycles. The quantitative estimate of drug-likeness (QED) is 0.0656. The first kappa shape index (κ1) is 44.4. The third kappa shape index (κ3) is 18.5. The summed E-state index contributed by atoms with van der Waals surface area (Å²) in [6.45, 7) is 9.13. The summed E-state index contributed by atoms with van der Waals surface area (Å²) < 4.78 is 0. The minimum atomic E-state index is -1.29. The van der Waals surface area contributed by atoms with E-state index in [-0.39, 0.29) is 56.4 Å². The lowest BCUT2D eigenvalue weighted by atomic mass is 9.98. The summed E-state index contributed by atoms with van der Waals surface area (Å²) >= 11 is 0. The van der Waals surface area contributed by atoms with E-state index in [4.69, 9.17) is 5.11 Å². The maximum atomic E-state index is 13.6. The Morgan fingerprint density at radius 2 is 1.47 bits per heavy atom. The topological polar surface area (TPSA) is 203 Å². The first-order chi connectivity index (χ1) is 25.3. The maximum Gasteiger partial charge on any atom is 0.326 e. The second-order valence-corrected chi connectivity index (χ2v) is 13.9. The van der Waals surface area contributed by atoms with E-state index in [0.29, 0.717) is 24.6 Å². The number of nitrogens with one attached hydrogen (secondary N) is 5. The van der Waals surface area contributed by atoms with Crippen LogP contribution in [0.15, 0.2) is 48.5 Å². The Bertz CT molecular complexity index is 1480. The lowest BCUT2D eigenvalue weighted by molar-refractivity contribution is -0.142. The fourth-order valence-corrected chi connectivity index (χ4v) is 5.79. The van der Waals surface area contributed by atoms with Gasteiger partial charge in [-0.3, -0.25) is 24.0 Å². The highest BCUT2D eigenvalue weighted by atomic mass is 16.4. The van der Waals surface area contributed by atoms with E-state index in [0.717, 1.165) is 29.7 Å². The van der Waals surface area contributed by atoms with Gasteiger partial charge >= 0.3 is 11.9 Å². The number of carbonyl (C=O) groups excluding carboxylic acids is 4. The van der Waals surface area contributed by atoms with Crippen molar-refractivity contribution in [1.82, 2.24) is 21.3 Å². The Kier molecular flexibility index (Phi) is 20.5. The van der Waals surface area contributed by atoms with Crippen molar-refractivity contribution < 1.29 is 39.0 Å². The van der Waals surface area contributed by atoms with Gasteiger partial charge in [-0.05, 0) is 73.5 Å². The van der Waals surface area contributed by atoms with Crippen LogP contribution in [0.4, 0.5) is 5.69 Å². The van der Waals surface area contributed by atoms with Gasteiger partial charge < -0.3 is 36.8 Å². The Morgan fingerprint density at radius 1 is 0.736 bits per heavy atom. The van der Waals surface area contributed by atoms with Gasteiger partial charge in [-0.25, -0.2) is 4.79 Å². The van der Waals surface area contributed by atoms with Crippen molar-refractivity contribution in [1.29, 1.82) is 0 Å². The van der Waals surface area contributed by atoms with Crippen molar-refractivity contribution in [2.24, 2.45) is 11.8 Å². The molecule has 0 spiro atoms. The molecule has 2 aromatic rings. The van der Waals surface area contributed by atoms with Crippen LogP contribution in [0.1, 0.15) is 97.5 Å². The van der Waals surface area contributed by atoms with Gasteiger partial charge in [0.15, 0.2) is 0 Å². The number of carbonyl (C=O) groups is 6. The number of amides is 4. The normalized spacial score (nSPS) is 13.2. The van der Waals surface area contributed by atoms with E-state index in [1.54, 1.807) is 12.1 Å². The summed E-state index contributed by atoms with van der Waals surface area (Å²) in [5.41, 5.74) is 3.23. The van der Waals surface area contributed by atoms with Crippen LogP contribution in [0.3, 0.4) is 0 Å². The number of carboxylic acid groups (broad SMARTS) is 2. The Labute approximate surface area is 313 Å². The maximum absolute atomic E-state index is 13.6. The summed E-state index contributed by atoms with van der Waals surface area (Å²) in [4.78, 5) is 73.1. The molecule has 0 radical (unpaired) electrons. The van der Waals surface area contributed by atoms with E-state index >= 15 is 0 Å². The third-order valence-corrected chi connectivity index (χ3v) is 8.94. The van der Waals surface area contributed by atoms with E-state index in [1.807, 2.05) is 43.3 Å². The number of hydrogen-bond donors (Lipinski definition) is 7. The van der Waals surface area contributed by atoms with Crippen molar-refractivity contribution >= 4 is 41.3 Å². The lowest BCUT2D eigenvalue weighted by Gasteiger charge is -2.22. The monoisotopic (exact) mass is 737 g/mol. The highest BCUT2D eigenvalue weighted by Crippen LogP contribution is 2.23. The second-order valence-electron chi connectivity index (χ2n) is 13.9. The molecule has 53 heavy (non-hydrogen) atoms. The molecule has 2 rings (SSSR count). The number of anilines is 1. The van der Waals surface area contributed by atoms with Crippen LogP contribution in [0, 0.1) is 11.8 Å². The second kappa shape index (κ2) is 24.5. The number of unbranched alkanes of at least 4 members (excludes halogenated alkanes) is 3. The lowest BCUT2D eigenvalue weighted by Crippen LogP contribution is -2.50. The van der Waals surface area contributed by atoms with Crippen LogP contribution in [-0.2, 0) is 35.2 Å². The van der Waals surface area contributed by atoms with E-state index < -0.39 is 35.8 Å². The van der Waals surface area contributed by atoms with E-state index in [1.165, 1.54) is 32.6 Å². The highest BCUT2D eigenvalue weighted by Gasteiger charge is 2.25.